The SMILES string of the molecule is CCCN1CCN(CC(=O)N[C@@H](Cc2ccccc2)[C@@H](N)C[C@@H](C)C(=O)Nc2ccc(F)cc2)CS1(=O)=O. The molecule has 11 heteroatoms. The number of nitrogens with two attached hydrogens (primary N) is 1. The molecule has 9 nitrogen and oxygen atoms in total. The fourth-order valence-electron chi connectivity index (χ4n) is 4.51. The zero-order valence-electron chi connectivity index (χ0n) is 22.0. The Hall–Kier alpha value is -2.86. The standard InChI is InChI=1S/C27H38FN5O4S/c1-3-13-33-15-14-32(19-38(33,36)37)18-26(34)31-25(17-21-7-5-4-6-8-21)24(29)16-20(2)27(35)30-23-11-9-22(28)10-12-23/h4-12,20,24-25H,3,13-19,29H2,1-2H3,(H,30,35)(H,31,34)/t20-,24+,25+/m1/s1. The Morgan fingerprint density at radius 3 is 2.39 bits per heavy atom. The zero-order chi connectivity index (χ0) is 27.7. The summed E-state index contributed by atoms with van der Waals surface area (Å²) in [5, 5.41) is 5.75. The maximum atomic E-state index is 13.2. The van der Waals surface area contributed by atoms with E-state index in [0.717, 1.165) is 12.0 Å². The minimum absolute atomic E-state index is 0.0577. The molecule has 0 spiro atoms. The second-order valence-electron chi connectivity index (χ2n) is 9.85. The second kappa shape index (κ2) is 13.8. The minimum Gasteiger partial charge on any atom is -0.350 e. The van der Waals surface area contributed by atoms with Crippen LogP contribution in [0.15, 0.2) is 54.6 Å². The molecule has 0 aliphatic carbocycles. The van der Waals surface area contributed by atoms with Crippen LogP contribution in [0.25, 0.3) is 0 Å². The summed E-state index contributed by atoms with van der Waals surface area (Å²) in [6.45, 7) is 4.93. The minimum atomic E-state index is -3.44. The van der Waals surface area contributed by atoms with E-state index in [4.69, 9.17) is 5.73 Å². The number of anilines is 1. The van der Waals surface area contributed by atoms with Crippen molar-refractivity contribution in [1.82, 2.24) is 14.5 Å². The molecule has 38 heavy (non-hydrogen) atoms. The Morgan fingerprint density at radius 2 is 1.76 bits per heavy atom. The van der Waals surface area contributed by atoms with E-state index >= 15 is 0 Å². The molecule has 3 atom stereocenters. The predicted molar refractivity (Wildman–Crippen MR) is 146 cm³/mol. The van der Waals surface area contributed by atoms with Gasteiger partial charge in [-0.05, 0) is 49.1 Å². The topological polar surface area (TPSA) is 125 Å². The van der Waals surface area contributed by atoms with Crippen LogP contribution in [-0.2, 0) is 26.0 Å². The van der Waals surface area contributed by atoms with Crippen LogP contribution in [0.3, 0.4) is 0 Å². The number of hydrogen-bond acceptors (Lipinski definition) is 6. The maximum absolute atomic E-state index is 13.2. The third-order valence-electron chi connectivity index (χ3n) is 6.59. The van der Waals surface area contributed by atoms with Crippen LogP contribution in [0.5, 0.6) is 0 Å². The van der Waals surface area contributed by atoms with Gasteiger partial charge in [0, 0.05) is 43.3 Å². The first kappa shape index (κ1) is 29.7. The van der Waals surface area contributed by atoms with Crippen molar-refractivity contribution in [2.45, 2.75) is 45.2 Å². The van der Waals surface area contributed by atoms with Gasteiger partial charge in [-0.15, -0.1) is 0 Å². The summed E-state index contributed by atoms with van der Waals surface area (Å²) in [6.07, 6.45) is 1.50. The van der Waals surface area contributed by atoms with Crippen LogP contribution in [0.4, 0.5) is 10.1 Å². The Bertz CT molecular complexity index is 1160. The molecule has 3 rings (SSSR count). The third kappa shape index (κ3) is 8.87. The molecule has 1 aliphatic heterocycles. The molecule has 1 fully saturated rings. The Morgan fingerprint density at radius 1 is 1.08 bits per heavy atom. The van der Waals surface area contributed by atoms with Crippen LogP contribution < -0.4 is 16.4 Å². The Labute approximate surface area is 224 Å². The summed E-state index contributed by atoms with van der Waals surface area (Å²) in [5.41, 5.74) is 8.00. The van der Waals surface area contributed by atoms with Gasteiger partial charge in [0.05, 0.1) is 6.54 Å². The highest BCUT2D eigenvalue weighted by Gasteiger charge is 2.32. The Kier molecular flexibility index (Phi) is 10.8. The van der Waals surface area contributed by atoms with E-state index in [1.54, 1.807) is 11.8 Å². The van der Waals surface area contributed by atoms with Crippen molar-refractivity contribution in [3.05, 3.63) is 66.0 Å². The summed E-state index contributed by atoms with van der Waals surface area (Å²) < 4.78 is 39.7. The number of hydrogen-bond donors (Lipinski definition) is 3. The van der Waals surface area contributed by atoms with Crippen molar-refractivity contribution in [3.63, 3.8) is 0 Å². The number of halogens is 1. The van der Waals surface area contributed by atoms with Crippen molar-refractivity contribution in [1.29, 1.82) is 0 Å². The van der Waals surface area contributed by atoms with Crippen molar-refractivity contribution in [2.75, 3.05) is 37.4 Å². The van der Waals surface area contributed by atoms with Gasteiger partial charge in [0.2, 0.25) is 21.8 Å². The first-order valence-electron chi connectivity index (χ1n) is 12.9. The van der Waals surface area contributed by atoms with E-state index in [-0.39, 0.29) is 24.2 Å². The fraction of sp³-hybridized carbons (Fsp3) is 0.481. The van der Waals surface area contributed by atoms with Crippen molar-refractivity contribution < 1.29 is 22.4 Å². The van der Waals surface area contributed by atoms with Crippen LogP contribution >= 0.6 is 0 Å². The lowest BCUT2D eigenvalue weighted by Gasteiger charge is -2.34. The predicted octanol–water partition coefficient (Wildman–Crippen LogP) is 2.16. The number of sulfonamides is 1. The molecule has 0 aromatic heterocycles. The van der Waals surface area contributed by atoms with Crippen molar-refractivity contribution in [2.24, 2.45) is 11.7 Å². The summed E-state index contributed by atoms with van der Waals surface area (Å²) >= 11 is 0. The number of carbonyl (C=O) groups excluding carboxylic acids is 2. The van der Waals surface area contributed by atoms with E-state index in [1.807, 2.05) is 37.3 Å². The molecule has 1 saturated heterocycles. The first-order chi connectivity index (χ1) is 18.1. The van der Waals surface area contributed by atoms with E-state index in [1.165, 1.54) is 28.6 Å². The summed E-state index contributed by atoms with van der Waals surface area (Å²) in [7, 11) is -3.44. The normalized spacial score (nSPS) is 18.3. The fourth-order valence-corrected chi connectivity index (χ4v) is 6.17. The molecule has 0 radical (unpaired) electrons. The molecule has 2 aromatic carbocycles. The third-order valence-corrected chi connectivity index (χ3v) is 8.44. The molecule has 1 aliphatic rings. The largest absolute Gasteiger partial charge is 0.350 e. The molecule has 2 aromatic rings. The molecule has 0 unspecified atom stereocenters. The van der Waals surface area contributed by atoms with E-state index in [0.29, 0.717) is 38.2 Å². The van der Waals surface area contributed by atoms with Crippen LogP contribution in [0.1, 0.15) is 32.3 Å². The van der Waals surface area contributed by atoms with Gasteiger partial charge >= 0.3 is 0 Å². The number of nitrogens with zero attached hydrogens (tertiary/aromatic N) is 2. The lowest BCUT2D eigenvalue weighted by atomic mass is 9.92. The van der Waals surface area contributed by atoms with Gasteiger partial charge in [0.25, 0.3) is 0 Å². The Balaban J connectivity index is 1.62. The van der Waals surface area contributed by atoms with Crippen molar-refractivity contribution in [3.8, 4) is 0 Å². The van der Waals surface area contributed by atoms with E-state index in [2.05, 4.69) is 10.6 Å². The smallest absolute Gasteiger partial charge is 0.234 e. The first-order valence-corrected chi connectivity index (χ1v) is 14.5. The zero-order valence-corrected chi connectivity index (χ0v) is 22.8. The highest BCUT2D eigenvalue weighted by Crippen LogP contribution is 2.16. The molecule has 1 heterocycles. The van der Waals surface area contributed by atoms with Gasteiger partial charge in [-0.25, -0.2) is 12.8 Å². The number of carbonyl (C=O) groups is 2. The summed E-state index contributed by atoms with van der Waals surface area (Å²) in [5.74, 6) is -1.63. The van der Waals surface area contributed by atoms with Gasteiger partial charge in [-0.3, -0.25) is 14.5 Å². The van der Waals surface area contributed by atoms with Gasteiger partial charge in [-0.1, -0.05) is 44.2 Å². The molecule has 2 amide bonds. The maximum Gasteiger partial charge on any atom is 0.234 e. The van der Waals surface area contributed by atoms with Crippen LogP contribution in [0.2, 0.25) is 0 Å². The van der Waals surface area contributed by atoms with Gasteiger partial charge in [0.15, 0.2) is 0 Å². The monoisotopic (exact) mass is 547 g/mol. The highest BCUT2D eigenvalue weighted by molar-refractivity contribution is 7.89. The molecular formula is C27H38FN5O4S. The van der Waals surface area contributed by atoms with Gasteiger partial charge < -0.3 is 16.4 Å². The van der Waals surface area contributed by atoms with Gasteiger partial charge in [0.1, 0.15) is 11.7 Å². The number of amides is 2. The molecule has 0 bridgehead atoms. The molecule has 0 saturated carbocycles. The average molecular weight is 548 g/mol. The second-order valence-corrected chi connectivity index (χ2v) is 11.8. The number of benzene rings is 2. The van der Waals surface area contributed by atoms with Crippen LogP contribution in [-0.4, -0.2) is 73.6 Å². The lowest BCUT2D eigenvalue weighted by molar-refractivity contribution is -0.123. The van der Waals surface area contributed by atoms with Crippen LogP contribution in [0, 0.1) is 11.7 Å². The molecule has 208 valence electrons. The summed E-state index contributed by atoms with van der Waals surface area (Å²) in [6, 6.07) is 14.1. The molecule has 4 N–H and O–H groups in total. The summed E-state index contributed by atoms with van der Waals surface area (Å²) in [4.78, 5) is 27.3. The van der Waals surface area contributed by atoms with Gasteiger partial charge in [-0.2, -0.15) is 4.31 Å². The van der Waals surface area contributed by atoms with Crippen molar-refractivity contribution >= 4 is 27.5 Å². The average Bonchev–Trinajstić information content (AvgIpc) is 2.87. The van der Waals surface area contributed by atoms with E-state index in [9.17, 15) is 22.4 Å². The van der Waals surface area contributed by atoms with E-state index < -0.39 is 33.8 Å². The number of rotatable bonds is 12. The molecular weight excluding hydrogens is 509 g/mol. The lowest BCUT2D eigenvalue weighted by Crippen LogP contribution is -2.55. The number of nitrogens with one attached hydrogen (secondary N) is 2. The highest BCUT2D eigenvalue weighted by atomic mass is 32.2. The quantitative estimate of drug-likeness (QED) is 0.374.